The number of nitrogens with zero attached hydrogens (tertiary/aromatic N) is 3. The highest BCUT2D eigenvalue weighted by atomic mass is 16.2. The first kappa shape index (κ1) is 20.5. The van der Waals surface area contributed by atoms with Crippen LogP contribution in [0.3, 0.4) is 0 Å². The van der Waals surface area contributed by atoms with Crippen molar-refractivity contribution in [1.29, 1.82) is 0 Å². The fourth-order valence-corrected chi connectivity index (χ4v) is 4.53. The third-order valence-corrected chi connectivity index (χ3v) is 6.42. The number of hydrogen-bond donors (Lipinski definition) is 2. The molecule has 8 nitrogen and oxygen atoms in total. The predicted molar refractivity (Wildman–Crippen MR) is 121 cm³/mol. The number of aromatic amines is 2. The van der Waals surface area contributed by atoms with Crippen molar-refractivity contribution >= 4 is 28.5 Å². The SMILES string of the molecule is O=C(CN1CCN(C(=O)c2cc3ccccc3[nH]2)CC1)c1c[nH]c(C(=O)N2CCCC2)c1. The van der Waals surface area contributed by atoms with Gasteiger partial charge in [-0.1, -0.05) is 18.2 Å². The van der Waals surface area contributed by atoms with Crippen molar-refractivity contribution < 1.29 is 14.4 Å². The molecule has 2 N–H and O–H groups in total. The zero-order chi connectivity index (χ0) is 22.1. The molecule has 0 radical (unpaired) electrons. The predicted octanol–water partition coefficient (Wildman–Crippen LogP) is 2.37. The Hall–Kier alpha value is -3.39. The lowest BCUT2D eigenvalue weighted by Crippen LogP contribution is -2.50. The number of H-pyrrole nitrogens is 2. The topological polar surface area (TPSA) is 92.5 Å². The fourth-order valence-electron chi connectivity index (χ4n) is 4.53. The molecule has 4 heterocycles. The zero-order valence-corrected chi connectivity index (χ0v) is 18.0. The van der Waals surface area contributed by atoms with E-state index in [4.69, 9.17) is 0 Å². The van der Waals surface area contributed by atoms with Gasteiger partial charge in [0, 0.05) is 61.9 Å². The first-order valence-electron chi connectivity index (χ1n) is 11.2. The second-order valence-electron chi connectivity index (χ2n) is 8.56. The number of para-hydroxylation sites is 1. The van der Waals surface area contributed by atoms with E-state index in [1.54, 1.807) is 12.3 Å². The Morgan fingerprint density at radius 1 is 0.812 bits per heavy atom. The molecule has 2 aliphatic rings. The summed E-state index contributed by atoms with van der Waals surface area (Å²) in [6.45, 7) is 4.28. The van der Waals surface area contributed by atoms with E-state index in [1.165, 1.54) is 0 Å². The number of aromatic nitrogens is 2. The number of amides is 2. The quantitative estimate of drug-likeness (QED) is 0.605. The van der Waals surface area contributed by atoms with Gasteiger partial charge in [-0.3, -0.25) is 19.3 Å². The van der Waals surface area contributed by atoms with E-state index >= 15 is 0 Å². The summed E-state index contributed by atoms with van der Waals surface area (Å²) in [4.78, 5) is 50.0. The van der Waals surface area contributed by atoms with Gasteiger partial charge in [-0.25, -0.2) is 0 Å². The molecular formula is C24H27N5O3. The fraction of sp³-hybridized carbons (Fsp3) is 0.375. The number of rotatable bonds is 5. The molecule has 1 aromatic carbocycles. The lowest BCUT2D eigenvalue weighted by atomic mass is 10.1. The number of Topliss-reactive ketones (excluding diaryl/α,β-unsaturated/α-hetero) is 1. The molecule has 8 heteroatoms. The largest absolute Gasteiger partial charge is 0.356 e. The van der Waals surface area contributed by atoms with Gasteiger partial charge in [0.05, 0.1) is 6.54 Å². The maximum absolute atomic E-state index is 12.9. The molecule has 3 aromatic rings. The van der Waals surface area contributed by atoms with Crippen LogP contribution in [-0.4, -0.2) is 88.1 Å². The van der Waals surface area contributed by atoms with Crippen LogP contribution in [0, 0.1) is 0 Å². The number of likely N-dealkylation sites (tertiary alicyclic amines) is 1. The number of benzene rings is 1. The van der Waals surface area contributed by atoms with Crippen LogP contribution in [0.4, 0.5) is 0 Å². The van der Waals surface area contributed by atoms with Crippen LogP contribution in [0.2, 0.25) is 0 Å². The first-order chi connectivity index (χ1) is 15.6. The lowest BCUT2D eigenvalue weighted by Gasteiger charge is -2.34. The molecule has 2 fully saturated rings. The van der Waals surface area contributed by atoms with Crippen LogP contribution in [0.1, 0.15) is 44.2 Å². The van der Waals surface area contributed by atoms with Crippen molar-refractivity contribution in [2.24, 2.45) is 0 Å². The van der Waals surface area contributed by atoms with E-state index in [9.17, 15) is 14.4 Å². The van der Waals surface area contributed by atoms with Gasteiger partial charge < -0.3 is 19.8 Å². The molecule has 0 saturated carbocycles. The van der Waals surface area contributed by atoms with Crippen molar-refractivity contribution in [2.75, 3.05) is 45.8 Å². The van der Waals surface area contributed by atoms with Gasteiger partial charge in [-0.05, 0) is 31.0 Å². The van der Waals surface area contributed by atoms with Crippen molar-refractivity contribution in [1.82, 2.24) is 24.7 Å². The molecule has 2 amide bonds. The molecule has 0 spiro atoms. The maximum atomic E-state index is 12.9. The Kier molecular flexibility index (Phi) is 5.53. The van der Waals surface area contributed by atoms with Gasteiger partial charge in [-0.2, -0.15) is 0 Å². The molecule has 2 aromatic heterocycles. The molecule has 2 aliphatic heterocycles. The van der Waals surface area contributed by atoms with Gasteiger partial charge in [0.2, 0.25) is 0 Å². The Morgan fingerprint density at radius 2 is 1.50 bits per heavy atom. The molecule has 2 saturated heterocycles. The molecular weight excluding hydrogens is 406 g/mol. The Morgan fingerprint density at radius 3 is 2.25 bits per heavy atom. The third kappa shape index (κ3) is 4.05. The standard InChI is InChI=1S/C24H27N5O3/c30-22(18-14-20(25-15-18)23(31)28-7-3-4-8-28)16-27-9-11-29(12-10-27)24(32)21-13-17-5-1-2-6-19(17)26-21/h1-2,5-6,13-15,25-26H,3-4,7-12,16H2. The summed E-state index contributed by atoms with van der Waals surface area (Å²) in [5.74, 6) is -0.0642. The smallest absolute Gasteiger partial charge is 0.270 e. The van der Waals surface area contributed by atoms with Crippen LogP contribution in [-0.2, 0) is 0 Å². The molecule has 166 valence electrons. The van der Waals surface area contributed by atoms with E-state index in [0.29, 0.717) is 43.1 Å². The number of fused-ring (bicyclic) bond motifs is 1. The Labute approximate surface area is 186 Å². The van der Waals surface area contributed by atoms with Gasteiger partial charge in [-0.15, -0.1) is 0 Å². The van der Waals surface area contributed by atoms with Crippen LogP contribution in [0.25, 0.3) is 10.9 Å². The van der Waals surface area contributed by atoms with Crippen molar-refractivity contribution in [3.8, 4) is 0 Å². The van der Waals surface area contributed by atoms with E-state index in [-0.39, 0.29) is 24.1 Å². The van der Waals surface area contributed by atoms with E-state index in [1.807, 2.05) is 40.1 Å². The van der Waals surface area contributed by atoms with Crippen molar-refractivity contribution in [3.05, 3.63) is 59.5 Å². The highest BCUT2D eigenvalue weighted by Crippen LogP contribution is 2.17. The van der Waals surface area contributed by atoms with Gasteiger partial charge >= 0.3 is 0 Å². The van der Waals surface area contributed by atoms with E-state index in [0.717, 1.165) is 36.8 Å². The zero-order valence-electron chi connectivity index (χ0n) is 18.0. The summed E-state index contributed by atoms with van der Waals surface area (Å²) in [6, 6.07) is 11.4. The van der Waals surface area contributed by atoms with Crippen LogP contribution in [0.5, 0.6) is 0 Å². The van der Waals surface area contributed by atoms with Crippen molar-refractivity contribution in [3.63, 3.8) is 0 Å². The van der Waals surface area contributed by atoms with E-state index < -0.39 is 0 Å². The summed E-state index contributed by atoms with van der Waals surface area (Å²) >= 11 is 0. The van der Waals surface area contributed by atoms with Crippen LogP contribution < -0.4 is 0 Å². The average molecular weight is 434 g/mol. The third-order valence-electron chi connectivity index (χ3n) is 6.42. The minimum absolute atomic E-state index is 0.0112. The number of carbonyl (C=O) groups excluding carboxylic acids is 3. The molecule has 32 heavy (non-hydrogen) atoms. The summed E-state index contributed by atoms with van der Waals surface area (Å²) in [5, 5.41) is 1.02. The normalized spacial score (nSPS) is 17.2. The molecule has 0 unspecified atom stereocenters. The summed E-state index contributed by atoms with van der Waals surface area (Å²) in [7, 11) is 0. The van der Waals surface area contributed by atoms with Gasteiger partial charge in [0.15, 0.2) is 5.78 Å². The van der Waals surface area contributed by atoms with Gasteiger partial charge in [0.25, 0.3) is 11.8 Å². The number of carbonyl (C=O) groups is 3. The lowest BCUT2D eigenvalue weighted by molar-refractivity contribution is 0.0619. The van der Waals surface area contributed by atoms with Crippen LogP contribution in [0.15, 0.2) is 42.6 Å². The number of ketones is 1. The molecule has 0 aliphatic carbocycles. The first-order valence-corrected chi connectivity index (χ1v) is 11.2. The summed E-state index contributed by atoms with van der Waals surface area (Å²) in [6.07, 6.45) is 3.70. The molecule has 0 bridgehead atoms. The average Bonchev–Trinajstić information content (AvgIpc) is 3.59. The number of nitrogens with one attached hydrogen (secondary N) is 2. The number of piperazine rings is 1. The van der Waals surface area contributed by atoms with E-state index in [2.05, 4.69) is 14.9 Å². The Balaban J connectivity index is 1.15. The maximum Gasteiger partial charge on any atom is 0.270 e. The monoisotopic (exact) mass is 433 g/mol. The highest BCUT2D eigenvalue weighted by molar-refractivity contribution is 6.01. The summed E-state index contributed by atoms with van der Waals surface area (Å²) < 4.78 is 0. The number of hydrogen-bond acceptors (Lipinski definition) is 4. The Bertz CT molecular complexity index is 1120. The minimum atomic E-state index is -0.0364. The van der Waals surface area contributed by atoms with Gasteiger partial charge in [0.1, 0.15) is 11.4 Å². The molecule has 5 rings (SSSR count). The second kappa shape index (κ2) is 8.63. The second-order valence-corrected chi connectivity index (χ2v) is 8.56. The highest BCUT2D eigenvalue weighted by Gasteiger charge is 2.26. The summed E-state index contributed by atoms with van der Waals surface area (Å²) in [5.41, 5.74) is 2.56. The van der Waals surface area contributed by atoms with Crippen LogP contribution >= 0.6 is 0 Å². The minimum Gasteiger partial charge on any atom is -0.356 e. The van der Waals surface area contributed by atoms with Crippen molar-refractivity contribution in [2.45, 2.75) is 12.8 Å². The molecule has 0 atom stereocenters.